The molecular formula is C24H25N3O2. The van der Waals surface area contributed by atoms with Crippen LogP contribution in [0.4, 0.5) is 17.1 Å². The molecule has 0 fully saturated rings. The number of benzene rings is 3. The minimum atomic E-state index is -0.133. The highest BCUT2D eigenvalue weighted by Gasteiger charge is 2.15. The first-order valence-electron chi connectivity index (χ1n) is 9.61. The van der Waals surface area contributed by atoms with Crippen molar-refractivity contribution in [3.63, 3.8) is 0 Å². The minimum Gasteiger partial charge on any atom is -0.362 e. The highest BCUT2D eigenvalue weighted by atomic mass is 16.2. The summed E-state index contributed by atoms with van der Waals surface area (Å²) >= 11 is 0. The number of carbonyl (C=O) groups excluding carboxylic acids is 2. The molecule has 0 saturated carbocycles. The zero-order valence-corrected chi connectivity index (χ0v) is 16.7. The zero-order valence-electron chi connectivity index (χ0n) is 16.7. The van der Waals surface area contributed by atoms with Crippen molar-refractivity contribution in [3.8, 4) is 0 Å². The number of amides is 2. The predicted molar refractivity (Wildman–Crippen MR) is 119 cm³/mol. The van der Waals surface area contributed by atoms with Gasteiger partial charge in [0.05, 0.1) is 6.54 Å². The Morgan fingerprint density at radius 2 is 1.45 bits per heavy atom. The van der Waals surface area contributed by atoms with E-state index in [1.807, 2.05) is 72.5 Å². The second-order valence-corrected chi connectivity index (χ2v) is 6.68. The molecule has 0 spiro atoms. The van der Waals surface area contributed by atoms with Crippen LogP contribution < -0.4 is 15.1 Å². The monoisotopic (exact) mass is 387 g/mol. The highest BCUT2D eigenvalue weighted by molar-refractivity contribution is 6.06. The first-order chi connectivity index (χ1) is 14.1. The van der Waals surface area contributed by atoms with E-state index >= 15 is 0 Å². The van der Waals surface area contributed by atoms with Crippen LogP contribution in [-0.2, 0) is 4.79 Å². The second-order valence-electron chi connectivity index (χ2n) is 6.68. The summed E-state index contributed by atoms with van der Waals surface area (Å²) in [4.78, 5) is 28.9. The minimum absolute atomic E-state index is 0.128. The van der Waals surface area contributed by atoms with Crippen LogP contribution in [0.15, 0.2) is 84.9 Å². The van der Waals surface area contributed by atoms with Gasteiger partial charge in [-0.25, -0.2) is 0 Å². The molecule has 1 N–H and O–H groups in total. The Bertz CT molecular complexity index is 958. The molecule has 29 heavy (non-hydrogen) atoms. The van der Waals surface area contributed by atoms with E-state index in [4.69, 9.17) is 0 Å². The molecule has 3 rings (SSSR count). The lowest BCUT2D eigenvalue weighted by Crippen LogP contribution is -2.33. The molecule has 0 aromatic heterocycles. The molecule has 0 unspecified atom stereocenters. The van der Waals surface area contributed by atoms with E-state index in [0.717, 1.165) is 17.9 Å². The third-order valence-electron chi connectivity index (χ3n) is 4.68. The molecule has 0 bridgehead atoms. The van der Waals surface area contributed by atoms with Crippen LogP contribution in [0.1, 0.15) is 17.3 Å². The third kappa shape index (κ3) is 5.23. The van der Waals surface area contributed by atoms with E-state index in [-0.39, 0.29) is 18.4 Å². The normalized spacial score (nSPS) is 10.3. The molecule has 0 aliphatic heterocycles. The van der Waals surface area contributed by atoms with E-state index in [9.17, 15) is 9.59 Å². The average molecular weight is 387 g/mol. The smallest absolute Gasteiger partial charge is 0.258 e. The fourth-order valence-electron chi connectivity index (χ4n) is 3.09. The SMILES string of the molecule is CCN(CC(=O)Nc1cccc(C(=O)N(C)c2ccccc2)c1)c1ccccc1. The quantitative estimate of drug-likeness (QED) is 0.653. The Labute approximate surface area is 171 Å². The summed E-state index contributed by atoms with van der Waals surface area (Å²) in [6, 6.07) is 26.3. The van der Waals surface area contributed by atoms with Crippen molar-refractivity contribution < 1.29 is 9.59 Å². The fourth-order valence-corrected chi connectivity index (χ4v) is 3.09. The largest absolute Gasteiger partial charge is 0.362 e. The summed E-state index contributed by atoms with van der Waals surface area (Å²) in [6.45, 7) is 2.97. The standard InChI is InChI=1S/C24H25N3O2/c1-3-27(22-15-8-5-9-16-22)18-23(28)25-20-12-10-11-19(17-20)24(29)26(2)21-13-6-4-7-14-21/h4-17H,3,18H2,1-2H3,(H,25,28). The molecule has 0 heterocycles. The Hall–Kier alpha value is -3.60. The number of nitrogens with zero attached hydrogens (tertiary/aromatic N) is 2. The van der Waals surface area contributed by atoms with Gasteiger partial charge in [0.1, 0.15) is 0 Å². The Kier molecular flexibility index (Phi) is 6.63. The Balaban J connectivity index is 1.67. The number of anilines is 3. The van der Waals surface area contributed by atoms with E-state index in [2.05, 4.69) is 5.32 Å². The second kappa shape index (κ2) is 9.55. The van der Waals surface area contributed by atoms with Crippen molar-refractivity contribution in [2.24, 2.45) is 0 Å². The van der Waals surface area contributed by atoms with Crippen LogP contribution in [0.25, 0.3) is 0 Å². The topological polar surface area (TPSA) is 52.7 Å². The van der Waals surface area contributed by atoms with Gasteiger partial charge in [0.25, 0.3) is 5.91 Å². The lowest BCUT2D eigenvalue weighted by Gasteiger charge is -2.22. The highest BCUT2D eigenvalue weighted by Crippen LogP contribution is 2.18. The maximum absolute atomic E-state index is 12.8. The van der Waals surface area contributed by atoms with Gasteiger partial charge >= 0.3 is 0 Å². The molecule has 2 amide bonds. The average Bonchev–Trinajstić information content (AvgIpc) is 2.77. The third-order valence-corrected chi connectivity index (χ3v) is 4.68. The van der Waals surface area contributed by atoms with Gasteiger partial charge in [-0.05, 0) is 49.4 Å². The summed E-state index contributed by atoms with van der Waals surface area (Å²) in [6.07, 6.45) is 0. The number of hydrogen-bond donors (Lipinski definition) is 1. The van der Waals surface area contributed by atoms with Crippen LogP contribution in [-0.4, -0.2) is 32.0 Å². The van der Waals surface area contributed by atoms with Crippen LogP contribution in [0, 0.1) is 0 Å². The number of para-hydroxylation sites is 2. The van der Waals surface area contributed by atoms with Crippen molar-refractivity contribution in [2.75, 3.05) is 35.3 Å². The summed E-state index contributed by atoms with van der Waals surface area (Å²) < 4.78 is 0. The van der Waals surface area contributed by atoms with Crippen molar-refractivity contribution in [2.45, 2.75) is 6.92 Å². The van der Waals surface area contributed by atoms with Crippen molar-refractivity contribution in [3.05, 3.63) is 90.5 Å². The summed E-state index contributed by atoms with van der Waals surface area (Å²) in [5.74, 6) is -0.261. The number of rotatable bonds is 7. The maximum atomic E-state index is 12.8. The molecule has 5 heteroatoms. The van der Waals surface area contributed by atoms with Gasteiger partial charge in [-0.3, -0.25) is 9.59 Å². The Morgan fingerprint density at radius 3 is 2.07 bits per heavy atom. The van der Waals surface area contributed by atoms with Crippen LogP contribution in [0.3, 0.4) is 0 Å². The number of hydrogen-bond acceptors (Lipinski definition) is 3. The van der Waals surface area contributed by atoms with E-state index in [1.165, 1.54) is 0 Å². The lowest BCUT2D eigenvalue weighted by atomic mass is 10.1. The lowest BCUT2D eigenvalue weighted by molar-refractivity contribution is -0.115. The van der Waals surface area contributed by atoms with Crippen molar-refractivity contribution >= 4 is 28.9 Å². The molecule has 5 nitrogen and oxygen atoms in total. The van der Waals surface area contributed by atoms with E-state index in [0.29, 0.717) is 11.3 Å². The molecule has 0 atom stereocenters. The maximum Gasteiger partial charge on any atom is 0.258 e. The first-order valence-corrected chi connectivity index (χ1v) is 9.61. The van der Waals surface area contributed by atoms with Gasteiger partial charge in [-0.2, -0.15) is 0 Å². The molecule has 0 aliphatic rings. The van der Waals surface area contributed by atoms with Crippen molar-refractivity contribution in [1.29, 1.82) is 0 Å². The van der Waals surface area contributed by atoms with Gasteiger partial charge in [-0.1, -0.05) is 42.5 Å². The van der Waals surface area contributed by atoms with Gasteiger partial charge in [0.2, 0.25) is 5.91 Å². The molecule has 148 valence electrons. The fraction of sp³-hybridized carbons (Fsp3) is 0.167. The number of likely N-dealkylation sites (N-methyl/N-ethyl adjacent to an activating group) is 1. The van der Waals surface area contributed by atoms with Crippen molar-refractivity contribution in [1.82, 2.24) is 0 Å². The van der Waals surface area contributed by atoms with Crippen LogP contribution in [0.2, 0.25) is 0 Å². The van der Waals surface area contributed by atoms with Gasteiger partial charge in [-0.15, -0.1) is 0 Å². The van der Waals surface area contributed by atoms with E-state index in [1.54, 1.807) is 36.2 Å². The van der Waals surface area contributed by atoms with Gasteiger partial charge < -0.3 is 15.1 Å². The molecule has 3 aromatic carbocycles. The van der Waals surface area contributed by atoms with Crippen LogP contribution in [0.5, 0.6) is 0 Å². The number of nitrogens with one attached hydrogen (secondary N) is 1. The molecule has 3 aromatic rings. The summed E-state index contributed by atoms with van der Waals surface area (Å²) in [7, 11) is 1.74. The van der Waals surface area contributed by atoms with Gasteiger partial charge in [0, 0.05) is 36.2 Å². The molecule has 0 aliphatic carbocycles. The first kappa shape index (κ1) is 20.1. The zero-order chi connectivity index (χ0) is 20.6. The number of carbonyl (C=O) groups is 2. The van der Waals surface area contributed by atoms with E-state index < -0.39 is 0 Å². The summed E-state index contributed by atoms with van der Waals surface area (Å²) in [5.41, 5.74) is 2.93. The van der Waals surface area contributed by atoms with Gasteiger partial charge in [0.15, 0.2) is 0 Å². The summed E-state index contributed by atoms with van der Waals surface area (Å²) in [5, 5.41) is 2.90. The molecular weight excluding hydrogens is 362 g/mol. The predicted octanol–water partition coefficient (Wildman–Crippen LogP) is 4.43. The Morgan fingerprint density at radius 1 is 0.828 bits per heavy atom. The van der Waals surface area contributed by atoms with Crippen LogP contribution >= 0.6 is 0 Å². The molecule has 0 saturated heterocycles. The molecule has 0 radical (unpaired) electrons.